The van der Waals surface area contributed by atoms with Crippen molar-refractivity contribution < 1.29 is 14.4 Å². The number of amides is 3. The minimum atomic E-state index is -1.07. The van der Waals surface area contributed by atoms with Crippen molar-refractivity contribution in [3.8, 4) is 0 Å². The average Bonchev–Trinajstić information content (AvgIpc) is 2.75. The van der Waals surface area contributed by atoms with Crippen LogP contribution in [0.15, 0.2) is 6.07 Å². The summed E-state index contributed by atoms with van der Waals surface area (Å²) in [5.41, 5.74) is 0.0978. The molecule has 0 saturated carbocycles. The lowest BCUT2D eigenvalue weighted by atomic mass is 9.98. The van der Waals surface area contributed by atoms with Gasteiger partial charge < -0.3 is 4.90 Å². The summed E-state index contributed by atoms with van der Waals surface area (Å²) in [4.78, 5) is 37.2. The molecule has 1 N–H and O–H groups in total. The third-order valence-electron chi connectivity index (χ3n) is 3.54. The number of aromatic nitrogens is 2. The maximum absolute atomic E-state index is 12.6. The number of carbonyl (C=O) groups excluding carboxylic acids is 3. The molecule has 108 valence electrons. The number of hydrogen-bond donors (Lipinski definition) is 1. The molecule has 20 heavy (non-hydrogen) atoms. The molecule has 1 saturated heterocycles. The highest BCUT2D eigenvalue weighted by atomic mass is 16.2. The SMILES string of the molecule is CCc1cc(C(=O)N2CC(=O)NC(=O)C2(C)C)n(C)n1. The second kappa shape index (κ2) is 4.73. The van der Waals surface area contributed by atoms with E-state index in [4.69, 9.17) is 0 Å². The Kier molecular flexibility index (Phi) is 3.37. The van der Waals surface area contributed by atoms with Crippen LogP contribution < -0.4 is 5.32 Å². The van der Waals surface area contributed by atoms with Crippen molar-refractivity contribution in [3.05, 3.63) is 17.5 Å². The lowest BCUT2D eigenvalue weighted by Crippen LogP contribution is -2.65. The predicted molar refractivity (Wildman–Crippen MR) is 70.9 cm³/mol. The number of nitrogens with zero attached hydrogens (tertiary/aromatic N) is 3. The minimum Gasteiger partial charge on any atom is -0.314 e. The Morgan fingerprint density at radius 1 is 1.45 bits per heavy atom. The van der Waals surface area contributed by atoms with E-state index in [9.17, 15) is 14.4 Å². The second-order valence-corrected chi connectivity index (χ2v) is 5.33. The van der Waals surface area contributed by atoms with Crippen molar-refractivity contribution in [3.63, 3.8) is 0 Å². The van der Waals surface area contributed by atoms with Crippen LogP contribution in [0.1, 0.15) is 37.0 Å². The quantitative estimate of drug-likeness (QED) is 0.763. The van der Waals surface area contributed by atoms with E-state index in [-0.39, 0.29) is 12.5 Å². The first-order valence-electron chi connectivity index (χ1n) is 6.46. The monoisotopic (exact) mass is 278 g/mol. The van der Waals surface area contributed by atoms with Gasteiger partial charge in [0.25, 0.3) is 11.8 Å². The first kappa shape index (κ1) is 14.2. The highest BCUT2D eigenvalue weighted by Crippen LogP contribution is 2.21. The predicted octanol–water partition coefficient (Wildman–Crippen LogP) is -0.140. The van der Waals surface area contributed by atoms with Crippen molar-refractivity contribution in [2.24, 2.45) is 7.05 Å². The molecule has 7 heteroatoms. The Balaban J connectivity index is 2.37. The summed E-state index contributed by atoms with van der Waals surface area (Å²) >= 11 is 0. The van der Waals surface area contributed by atoms with Gasteiger partial charge in [0, 0.05) is 7.05 Å². The molecule has 1 fully saturated rings. The number of rotatable bonds is 2. The Labute approximate surface area is 116 Å². The van der Waals surface area contributed by atoms with Crippen LogP contribution in [0.3, 0.4) is 0 Å². The van der Waals surface area contributed by atoms with E-state index in [0.717, 1.165) is 5.69 Å². The summed E-state index contributed by atoms with van der Waals surface area (Å²) in [5.74, 6) is -1.31. The largest absolute Gasteiger partial charge is 0.314 e. The van der Waals surface area contributed by atoms with Crippen LogP contribution in [0.2, 0.25) is 0 Å². The highest BCUT2D eigenvalue weighted by Gasteiger charge is 2.44. The number of aryl methyl sites for hydroxylation is 2. The van der Waals surface area contributed by atoms with Gasteiger partial charge in [-0.15, -0.1) is 0 Å². The molecule has 0 spiro atoms. The van der Waals surface area contributed by atoms with Crippen molar-refractivity contribution in [2.75, 3.05) is 6.54 Å². The zero-order valence-electron chi connectivity index (χ0n) is 12.1. The molecule has 1 aliphatic rings. The van der Waals surface area contributed by atoms with Crippen molar-refractivity contribution in [2.45, 2.75) is 32.7 Å². The van der Waals surface area contributed by atoms with Crippen LogP contribution in [0.25, 0.3) is 0 Å². The molecule has 0 unspecified atom stereocenters. The Bertz CT molecular complexity index is 588. The third-order valence-corrected chi connectivity index (χ3v) is 3.54. The summed E-state index contributed by atoms with van der Waals surface area (Å²) in [5, 5.41) is 6.46. The van der Waals surface area contributed by atoms with Crippen LogP contribution >= 0.6 is 0 Å². The highest BCUT2D eigenvalue weighted by molar-refractivity contribution is 6.08. The van der Waals surface area contributed by atoms with E-state index in [1.165, 1.54) is 9.58 Å². The van der Waals surface area contributed by atoms with Gasteiger partial charge in [0.2, 0.25) is 5.91 Å². The summed E-state index contributed by atoms with van der Waals surface area (Å²) in [6.45, 7) is 5.04. The van der Waals surface area contributed by atoms with Gasteiger partial charge in [0.1, 0.15) is 17.8 Å². The first-order valence-corrected chi connectivity index (χ1v) is 6.46. The minimum absolute atomic E-state index is 0.135. The van der Waals surface area contributed by atoms with Gasteiger partial charge in [-0.1, -0.05) is 6.92 Å². The first-order chi connectivity index (χ1) is 9.27. The molecule has 2 rings (SSSR count). The molecular formula is C13H18N4O3. The normalized spacial score (nSPS) is 18.1. The summed E-state index contributed by atoms with van der Waals surface area (Å²) < 4.78 is 1.48. The molecule has 0 radical (unpaired) electrons. The van der Waals surface area contributed by atoms with Crippen molar-refractivity contribution >= 4 is 17.7 Å². The fourth-order valence-electron chi connectivity index (χ4n) is 2.15. The van der Waals surface area contributed by atoms with Gasteiger partial charge in [-0.05, 0) is 26.3 Å². The van der Waals surface area contributed by atoms with E-state index >= 15 is 0 Å². The number of piperazine rings is 1. The molecule has 1 aromatic heterocycles. The number of imide groups is 1. The zero-order chi connectivity index (χ0) is 15.1. The maximum Gasteiger partial charge on any atom is 0.273 e. The fraction of sp³-hybridized carbons (Fsp3) is 0.538. The fourth-order valence-corrected chi connectivity index (χ4v) is 2.15. The van der Waals surface area contributed by atoms with Gasteiger partial charge in [-0.3, -0.25) is 24.4 Å². The van der Waals surface area contributed by atoms with Crippen LogP contribution in [-0.4, -0.2) is 44.5 Å². The molecule has 0 bridgehead atoms. The zero-order valence-corrected chi connectivity index (χ0v) is 12.1. The van der Waals surface area contributed by atoms with Crippen LogP contribution in [-0.2, 0) is 23.1 Å². The molecule has 2 heterocycles. The summed E-state index contributed by atoms with van der Waals surface area (Å²) in [6.07, 6.45) is 0.712. The van der Waals surface area contributed by atoms with Gasteiger partial charge in [-0.25, -0.2) is 0 Å². The number of hydrogen-bond acceptors (Lipinski definition) is 4. The lowest BCUT2D eigenvalue weighted by molar-refractivity contribution is -0.143. The third kappa shape index (κ3) is 2.19. The molecule has 1 aliphatic heterocycles. The van der Waals surface area contributed by atoms with E-state index in [1.807, 2.05) is 6.92 Å². The lowest BCUT2D eigenvalue weighted by Gasteiger charge is -2.39. The van der Waals surface area contributed by atoms with Crippen molar-refractivity contribution in [1.29, 1.82) is 0 Å². The van der Waals surface area contributed by atoms with Gasteiger partial charge in [0.05, 0.1) is 5.69 Å². The average molecular weight is 278 g/mol. The Hall–Kier alpha value is -2.18. The van der Waals surface area contributed by atoms with E-state index in [2.05, 4.69) is 10.4 Å². The van der Waals surface area contributed by atoms with Gasteiger partial charge in [-0.2, -0.15) is 5.10 Å². The Morgan fingerprint density at radius 2 is 2.10 bits per heavy atom. The van der Waals surface area contributed by atoms with Crippen LogP contribution in [0.4, 0.5) is 0 Å². The van der Waals surface area contributed by atoms with Crippen LogP contribution in [0.5, 0.6) is 0 Å². The van der Waals surface area contributed by atoms with E-state index in [1.54, 1.807) is 27.0 Å². The smallest absolute Gasteiger partial charge is 0.273 e. The standard InChI is InChI=1S/C13H18N4O3/c1-5-8-6-9(16(4)15-8)11(19)17-7-10(18)14-12(20)13(17,2)3/h6H,5,7H2,1-4H3,(H,14,18,20). The molecular weight excluding hydrogens is 260 g/mol. The number of nitrogens with one attached hydrogen (secondary N) is 1. The maximum atomic E-state index is 12.6. The topological polar surface area (TPSA) is 84.3 Å². The summed E-state index contributed by atoms with van der Waals surface area (Å²) in [6, 6.07) is 1.69. The molecule has 0 aliphatic carbocycles. The number of carbonyl (C=O) groups is 3. The molecule has 0 atom stereocenters. The van der Waals surface area contributed by atoms with E-state index < -0.39 is 17.4 Å². The molecule has 7 nitrogen and oxygen atoms in total. The van der Waals surface area contributed by atoms with Gasteiger partial charge >= 0.3 is 0 Å². The van der Waals surface area contributed by atoms with Crippen molar-refractivity contribution in [1.82, 2.24) is 20.0 Å². The Morgan fingerprint density at radius 3 is 2.65 bits per heavy atom. The second-order valence-electron chi connectivity index (χ2n) is 5.33. The molecule has 0 aromatic carbocycles. The van der Waals surface area contributed by atoms with E-state index in [0.29, 0.717) is 12.1 Å². The molecule has 1 aromatic rings. The molecule has 3 amide bonds. The summed E-state index contributed by atoms with van der Waals surface area (Å²) in [7, 11) is 1.67. The van der Waals surface area contributed by atoms with Crippen LogP contribution in [0, 0.1) is 0 Å². The van der Waals surface area contributed by atoms with Gasteiger partial charge in [0.15, 0.2) is 0 Å².